The molecule has 1 aliphatic rings. The Balaban J connectivity index is 1.97. The molecule has 2 heterocycles. The zero-order chi connectivity index (χ0) is 14.4. The zero-order valence-electron chi connectivity index (χ0n) is 12.2. The van der Waals surface area contributed by atoms with Crippen molar-refractivity contribution in [3.05, 3.63) is 10.7 Å². The summed E-state index contributed by atoms with van der Waals surface area (Å²) >= 11 is 3.39. The van der Waals surface area contributed by atoms with E-state index in [4.69, 9.17) is 4.74 Å². The molecule has 1 atom stereocenters. The van der Waals surface area contributed by atoms with Crippen molar-refractivity contribution < 1.29 is 4.74 Å². The lowest BCUT2D eigenvalue weighted by atomic mass is 9.98. The molecule has 0 aromatic carbocycles. The van der Waals surface area contributed by atoms with Crippen LogP contribution in [0.5, 0.6) is 5.88 Å². The topological polar surface area (TPSA) is 50.3 Å². The van der Waals surface area contributed by atoms with Crippen LogP contribution in [0, 0.1) is 5.92 Å². The number of ether oxygens (including phenoxy) is 1. The number of nitrogens with one attached hydrogen (secondary N) is 1. The monoisotopic (exact) mass is 342 g/mol. The molecule has 1 aromatic heterocycles. The number of hydrogen-bond acceptors (Lipinski definition) is 5. The van der Waals surface area contributed by atoms with E-state index in [1.165, 1.54) is 19.3 Å². The predicted octanol–water partition coefficient (Wildman–Crippen LogP) is 2.46. The van der Waals surface area contributed by atoms with Gasteiger partial charge in [0.15, 0.2) is 0 Å². The highest BCUT2D eigenvalue weighted by Crippen LogP contribution is 2.26. The van der Waals surface area contributed by atoms with E-state index in [9.17, 15) is 0 Å². The number of aromatic nitrogens is 2. The van der Waals surface area contributed by atoms with Crippen molar-refractivity contribution in [3.63, 3.8) is 0 Å². The molecule has 5 nitrogen and oxygen atoms in total. The van der Waals surface area contributed by atoms with Gasteiger partial charge in [-0.05, 0) is 54.2 Å². The van der Waals surface area contributed by atoms with Gasteiger partial charge in [-0.2, -0.15) is 4.98 Å². The molecule has 1 saturated heterocycles. The Kier molecular flexibility index (Phi) is 6.04. The van der Waals surface area contributed by atoms with Crippen LogP contribution in [0.2, 0.25) is 0 Å². The van der Waals surface area contributed by atoms with Gasteiger partial charge in [-0.15, -0.1) is 0 Å². The maximum absolute atomic E-state index is 5.25. The van der Waals surface area contributed by atoms with E-state index in [-0.39, 0.29) is 0 Å². The minimum absolute atomic E-state index is 0.598. The van der Waals surface area contributed by atoms with E-state index in [1.807, 2.05) is 0 Å². The summed E-state index contributed by atoms with van der Waals surface area (Å²) in [6.45, 7) is 6.41. The van der Waals surface area contributed by atoms with Crippen LogP contribution in [-0.4, -0.2) is 43.3 Å². The minimum atomic E-state index is 0.598. The van der Waals surface area contributed by atoms with Gasteiger partial charge in [-0.25, -0.2) is 4.98 Å². The van der Waals surface area contributed by atoms with E-state index in [0.717, 1.165) is 36.6 Å². The number of nitrogens with zero attached hydrogens (tertiary/aromatic N) is 3. The first-order valence-electron chi connectivity index (χ1n) is 7.26. The molecular formula is C14H23BrN4O. The normalized spacial score (nSPS) is 19.1. The van der Waals surface area contributed by atoms with E-state index in [2.05, 4.69) is 43.0 Å². The molecule has 6 heteroatoms. The van der Waals surface area contributed by atoms with E-state index in [0.29, 0.717) is 11.8 Å². The molecule has 0 bridgehead atoms. The molecule has 20 heavy (non-hydrogen) atoms. The lowest BCUT2D eigenvalue weighted by Gasteiger charge is -2.33. The number of piperidine rings is 1. The lowest BCUT2D eigenvalue weighted by molar-refractivity contribution is 0.380. The average Bonchev–Trinajstić information content (AvgIpc) is 2.48. The molecule has 112 valence electrons. The molecule has 1 aromatic rings. The zero-order valence-corrected chi connectivity index (χ0v) is 13.8. The standard InChI is InChI=1S/C14H23BrN4O/c1-3-6-16-8-11-5-4-7-19(10-11)14-17-9-12(15)13(18-14)20-2/h9,11,16H,3-8,10H2,1-2H3. The molecule has 1 aliphatic heterocycles. The smallest absolute Gasteiger partial charge is 0.232 e. The summed E-state index contributed by atoms with van der Waals surface area (Å²) in [6, 6.07) is 0. The Morgan fingerprint density at radius 2 is 2.40 bits per heavy atom. The van der Waals surface area contributed by atoms with Gasteiger partial charge in [-0.3, -0.25) is 0 Å². The Morgan fingerprint density at radius 3 is 3.15 bits per heavy atom. The third kappa shape index (κ3) is 4.06. The Bertz CT molecular complexity index is 430. The van der Waals surface area contributed by atoms with Gasteiger partial charge in [0.25, 0.3) is 0 Å². The summed E-state index contributed by atoms with van der Waals surface area (Å²) in [6.07, 6.45) is 5.42. The third-order valence-corrected chi connectivity index (χ3v) is 4.10. The first kappa shape index (κ1) is 15.5. The molecule has 0 saturated carbocycles. The highest BCUT2D eigenvalue weighted by atomic mass is 79.9. The fourth-order valence-electron chi connectivity index (χ4n) is 2.53. The predicted molar refractivity (Wildman–Crippen MR) is 84.4 cm³/mol. The third-order valence-electron chi connectivity index (χ3n) is 3.55. The maximum Gasteiger partial charge on any atom is 0.232 e. The van der Waals surface area contributed by atoms with Crippen molar-refractivity contribution in [3.8, 4) is 5.88 Å². The molecule has 1 N–H and O–H groups in total. The van der Waals surface area contributed by atoms with Crippen molar-refractivity contribution in [2.45, 2.75) is 26.2 Å². The summed E-state index contributed by atoms with van der Waals surface area (Å²) in [5.74, 6) is 2.04. The second kappa shape index (κ2) is 7.78. The fraction of sp³-hybridized carbons (Fsp3) is 0.714. The average molecular weight is 343 g/mol. The second-order valence-corrected chi connectivity index (χ2v) is 6.04. The summed E-state index contributed by atoms with van der Waals surface area (Å²) in [4.78, 5) is 11.1. The Labute approximate surface area is 129 Å². The van der Waals surface area contributed by atoms with Gasteiger partial charge >= 0.3 is 0 Å². The Hall–Kier alpha value is -0.880. The van der Waals surface area contributed by atoms with Crippen molar-refractivity contribution in [2.24, 2.45) is 5.92 Å². The van der Waals surface area contributed by atoms with E-state index < -0.39 is 0 Å². The van der Waals surface area contributed by atoms with Crippen LogP contribution >= 0.6 is 15.9 Å². The molecule has 1 fully saturated rings. The van der Waals surface area contributed by atoms with Crippen LogP contribution in [0.3, 0.4) is 0 Å². The SMILES string of the molecule is CCCNCC1CCCN(c2ncc(Br)c(OC)n2)C1. The van der Waals surface area contributed by atoms with E-state index in [1.54, 1.807) is 13.3 Å². The molecule has 0 amide bonds. The summed E-state index contributed by atoms with van der Waals surface area (Å²) in [7, 11) is 1.63. The largest absolute Gasteiger partial charge is 0.480 e. The van der Waals surface area contributed by atoms with Crippen LogP contribution in [0.4, 0.5) is 5.95 Å². The van der Waals surface area contributed by atoms with Gasteiger partial charge in [-0.1, -0.05) is 6.92 Å². The number of methoxy groups -OCH3 is 1. The van der Waals surface area contributed by atoms with Gasteiger partial charge < -0.3 is 15.0 Å². The first-order valence-corrected chi connectivity index (χ1v) is 8.06. The molecule has 0 spiro atoms. The number of rotatable bonds is 6. The number of hydrogen-bond donors (Lipinski definition) is 1. The lowest BCUT2D eigenvalue weighted by Crippen LogP contribution is -2.40. The molecule has 1 unspecified atom stereocenters. The highest BCUT2D eigenvalue weighted by molar-refractivity contribution is 9.10. The van der Waals surface area contributed by atoms with Crippen molar-refractivity contribution in [2.75, 3.05) is 38.2 Å². The van der Waals surface area contributed by atoms with Crippen LogP contribution in [-0.2, 0) is 0 Å². The van der Waals surface area contributed by atoms with Crippen LogP contribution in [0.1, 0.15) is 26.2 Å². The first-order chi connectivity index (χ1) is 9.74. The van der Waals surface area contributed by atoms with Crippen LogP contribution < -0.4 is 15.0 Å². The van der Waals surface area contributed by atoms with Gasteiger partial charge in [0, 0.05) is 13.1 Å². The van der Waals surface area contributed by atoms with Crippen LogP contribution in [0.25, 0.3) is 0 Å². The summed E-state index contributed by atoms with van der Waals surface area (Å²) in [5.41, 5.74) is 0. The quantitative estimate of drug-likeness (QED) is 0.804. The van der Waals surface area contributed by atoms with Gasteiger partial charge in [0.1, 0.15) is 0 Å². The molecule has 2 rings (SSSR count). The van der Waals surface area contributed by atoms with Crippen molar-refractivity contribution in [1.29, 1.82) is 0 Å². The number of halogens is 1. The van der Waals surface area contributed by atoms with Gasteiger partial charge in [0.2, 0.25) is 11.8 Å². The molecular weight excluding hydrogens is 320 g/mol. The van der Waals surface area contributed by atoms with Crippen molar-refractivity contribution in [1.82, 2.24) is 15.3 Å². The van der Waals surface area contributed by atoms with Gasteiger partial charge in [0.05, 0.1) is 17.8 Å². The highest BCUT2D eigenvalue weighted by Gasteiger charge is 2.22. The molecule has 0 aliphatic carbocycles. The molecule has 0 radical (unpaired) electrons. The Morgan fingerprint density at radius 1 is 1.55 bits per heavy atom. The number of anilines is 1. The maximum atomic E-state index is 5.25. The summed E-state index contributed by atoms with van der Waals surface area (Å²) < 4.78 is 6.04. The fourth-order valence-corrected chi connectivity index (χ4v) is 2.89. The van der Waals surface area contributed by atoms with E-state index >= 15 is 0 Å². The van der Waals surface area contributed by atoms with Crippen LogP contribution in [0.15, 0.2) is 10.7 Å². The summed E-state index contributed by atoms with van der Waals surface area (Å²) in [5, 5.41) is 3.51. The minimum Gasteiger partial charge on any atom is -0.480 e. The second-order valence-electron chi connectivity index (χ2n) is 5.19. The van der Waals surface area contributed by atoms with Crippen molar-refractivity contribution >= 4 is 21.9 Å².